The molecule has 1 unspecified atom stereocenters. The quantitative estimate of drug-likeness (QED) is 0.750. The Morgan fingerprint density at radius 3 is 2.27 bits per heavy atom. The molecule has 2 amide bonds. The van der Waals surface area contributed by atoms with Crippen molar-refractivity contribution in [3.63, 3.8) is 0 Å². The summed E-state index contributed by atoms with van der Waals surface area (Å²) in [7, 11) is 0. The first kappa shape index (κ1) is 18.3. The molecular weight excluding hydrogens is 304 g/mol. The SMILES string of the molecule is CC(C)(C)C(CNC(=O)NCc1ccc(Cl)cc1)CC(=O)O. The van der Waals surface area contributed by atoms with Crippen LogP contribution in [0.2, 0.25) is 5.02 Å². The van der Waals surface area contributed by atoms with Crippen molar-refractivity contribution >= 4 is 23.6 Å². The lowest BCUT2D eigenvalue weighted by molar-refractivity contribution is -0.139. The van der Waals surface area contributed by atoms with Gasteiger partial charge in [0.05, 0.1) is 6.42 Å². The van der Waals surface area contributed by atoms with E-state index in [-0.39, 0.29) is 23.8 Å². The maximum Gasteiger partial charge on any atom is 0.315 e. The van der Waals surface area contributed by atoms with Gasteiger partial charge >= 0.3 is 12.0 Å². The van der Waals surface area contributed by atoms with Crippen LogP contribution >= 0.6 is 11.6 Å². The average Bonchev–Trinajstić information content (AvgIpc) is 2.41. The van der Waals surface area contributed by atoms with Gasteiger partial charge in [-0.25, -0.2) is 4.79 Å². The van der Waals surface area contributed by atoms with E-state index in [1.807, 2.05) is 32.9 Å². The molecule has 3 N–H and O–H groups in total. The fourth-order valence-electron chi connectivity index (χ4n) is 1.96. The van der Waals surface area contributed by atoms with E-state index >= 15 is 0 Å². The molecule has 1 rings (SSSR count). The van der Waals surface area contributed by atoms with Gasteiger partial charge in [0.25, 0.3) is 0 Å². The first-order chi connectivity index (χ1) is 10.2. The lowest BCUT2D eigenvalue weighted by Crippen LogP contribution is -2.41. The summed E-state index contributed by atoms with van der Waals surface area (Å²) in [5, 5.41) is 15.1. The van der Waals surface area contributed by atoms with Crippen LogP contribution in [-0.2, 0) is 11.3 Å². The molecule has 0 aliphatic rings. The largest absolute Gasteiger partial charge is 0.481 e. The molecule has 0 aliphatic heterocycles. The minimum atomic E-state index is -0.858. The zero-order valence-corrected chi connectivity index (χ0v) is 13.9. The maximum atomic E-state index is 11.8. The molecule has 0 radical (unpaired) electrons. The summed E-state index contributed by atoms with van der Waals surface area (Å²) >= 11 is 5.80. The highest BCUT2D eigenvalue weighted by Crippen LogP contribution is 2.28. The van der Waals surface area contributed by atoms with Crippen LogP contribution in [0.3, 0.4) is 0 Å². The Morgan fingerprint density at radius 1 is 1.18 bits per heavy atom. The van der Waals surface area contributed by atoms with E-state index in [2.05, 4.69) is 10.6 Å². The first-order valence-electron chi connectivity index (χ1n) is 7.16. The summed E-state index contributed by atoms with van der Waals surface area (Å²) < 4.78 is 0. The zero-order valence-electron chi connectivity index (χ0n) is 13.1. The zero-order chi connectivity index (χ0) is 16.8. The van der Waals surface area contributed by atoms with Crippen LogP contribution in [-0.4, -0.2) is 23.7 Å². The van der Waals surface area contributed by atoms with Gasteiger partial charge < -0.3 is 15.7 Å². The highest BCUT2D eigenvalue weighted by molar-refractivity contribution is 6.30. The van der Waals surface area contributed by atoms with Crippen LogP contribution in [0.4, 0.5) is 4.79 Å². The fraction of sp³-hybridized carbons (Fsp3) is 0.500. The average molecular weight is 327 g/mol. The Bertz CT molecular complexity index is 509. The monoisotopic (exact) mass is 326 g/mol. The normalized spacial score (nSPS) is 12.5. The Labute approximate surface area is 136 Å². The number of carboxylic acids is 1. The van der Waals surface area contributed by atoms with Gasteiger partial charge in [0.15, 0.2) is 0 Å². The number of aliphatic carboxylic acids is 1. The summed E-state index contributed by atoms with van der Waals surface area (Å²) in [5.41, 5.74) is 0.749. The van der Waals surface area contributed by atoms with Gasteiger partial charge in [-0.1, -0.05) is 44.5 Å². The van der Waals surface area contributed by atoms with Crippen LogP contribution in [0, 0.1) is 11.3 Å². The fourth-order valence-corrected chi connectivity index (χ4v) is 2.08. The van der Waals surface area contributed by atoms with Crippen molar-refractivity contribution < 1.29 is 14.7 Å². The van der Waals surface area contributed by atoms with Crippen LogP contribution in [0.5, 0.6) is 0 Å². The second-order valence-electron chi connectivity index (χ2n) is 6.35. The molecule has 0 spiro atoms. The van der Waals surface area contributed by atoms with E-state index in [1.54, 1.807) is 12.1 Å². The van der Waals surface area contributed by atoms with Crippen molar-refractivity contribution in [3.05, 3.63) is 34.9 Å². The van der Waals surface area contributed by atoms with Crippen molar-refractivity contribution in [2.75, 3.05) is 6.54 Å². The standard InChI is InChI=1S/C16H23ClN2O3/c1-16(2,3)12(8-14(20)21)10-19-15(22)18-9-11-4-6-13(17)7-5-11/h4-7,12H,8-10H2,1-3H3,(H,20,21)(H2,18,19,22). The van der Waals surface area contributed by atoms with Gasteiger partial charge in [-0.3, -0.25) is 4.79 Å². The smallest absolute Gasteiger partial charge is 0.315 e. The summed E-state index contributed by atoms with van der Waals surface area (Å²) in [6, 6.07) is 6.89. The Hall–Kier alpha value is -1.75. The number of halogens is 1. The number of rotatable bonds is 6. The van der Waals surface area contributed by atoms with Crippen LogP contribution in [0.15, 0.2) is 24.3 Å². The molecule has 0 aromatic heterocycles. The van der Waals surface area contributed by atoms with Gasteiger partial charge in [0.2, 0.25) is 0 Å². The van der Waals surface area contributed by atoms with E-state index in [1.165, 1.54) is 0 Å². The Balaban J connectivity index is 2.43. The van der Waals surface area contributed by atoms with Crippen molar-refractivity contribution in [1.82, 2.24) is 10.6 Å². The highest BCUT2D eigenvalue weighted by atomic mass is 35.5. The van der Waals surface area contributed by atoms with Gasteiger partial charge in [0, 0.05) is 18.1 Å². The molecule has 5 nitrogen and oxygen atoms in total. The molecule has 0 saturated carbocycles. The lowest BCUT2D eigenvalue weighted by atomic mass is 9.79. The first-order valence-corrected chi connectivity index (χ1v) is 7.54. The topological polar surface area (TPSA) is 78.4 Å². The van der Waals surface area contributed by atoms with Gasteiger partial charge in [0.1, 0.15) is 0 Å². The maximum absolute atomic E-state index is 11.8. The lowest BCUT2D eigenvalue weighted by Gasteiger charge is -2.29. The summed E-state index contributed by atoms with van der Waals surface area (Å²) in [6.07, 6.45) is 0.0287. The van der Waals surface area contributed by atoms with Crippen molar-refractivity contribution in [2.45, 2.75) is 33.7 Å². The minimum Gasteiger partial charge on any atom is -0.481 e. The number of amides is 2. The predicted octanol–water partition coefficient (Wildman–Crippen LogP) is 3.28. The number of benzene rings is 1. The number of carboxylic acid groups (broad SMARTS) is 1. The molecule has 0 saturated heterocycles. The molecule has 1 aromatic rings. The number of urea groups is 1. The number of nitrogens with one attached hydrogen (secondary N) is 2. The molecular formula is C16H23ClN2O3. The molecule has 0 heterocycles. The molecule has 0 fully saturated rings. The second-order valence-corrected chi connectivity index (χ2v) is 6.79. The van der Waals surface area contributed by atoms with Gasteiger partial charge in [-0.2, -0.15) is 0 Å². The third-order valence-corrected chi connectivity index (χ3v) is 3.77. The predicted molar refractivity (Wildman–Crippen MR) is 86.9 cm³/mol. The van der Waals surface area contributed by atoms with Crippen molar-refractivity contribution in [2.24, 2.45) is 11.3 Å². The number of hydrogen-bond donors (Lipinski definition) is 3. The number of hydrogen-bond acceptors (Lipinski definition) is 2. The summed E-state index contributed by atoms with van der Waals surface area (Å²) in [5.74, 6) is -0.991. The summed E-state index contributed by atoms with van der Waals surface area (Å²) in [6.45, 7) is 6.61. The third-order valence-electron chi connectivity index (χ3n) is 3.52. The van der Waals surface area contributed by atoms with Crippen LogP contribution < -0.4 is 10.6 Å². The minimum absolute atomic E-state index is 0.0287. The molecule has 122 valence electrons. The van der Waals surface area contributed by atoms with Crippen molar-refractivity contribution in [3.8, 4) is 0 Å². The second kappa shape index (κ2) is 8.03. The van der Waals surface area contributed by atoms with E-state index in [4.69, 9.17) is 16.7 Å². The van der Waals surface area contributed by atoms with Gasteiger partial charge in [-0.15, -0.1) is 0 Å². The van der Waals surface area contributed by atoms with Crippen LogP contribution in [0.25, 0.3) is 0 Å². The Morgan fingerprint density at radius 2 is 1.77 bits per heavy atom. The van der Waals surface area contributed by atoms with Gasteiger partial charge in [-0.05, 0) is 29.0 Å². The van der Waals surface area contributed by atoms with E-state index in [0.717, 1.165) is 5.56 Å². The molecule has 1 aromatic carbocycles. The van der Waals surface area contributed by atoms with Crippen molar-refractivity contribution in [1.29, 1.82) is 0 Å². The van der Waals surface area contributed by atoms with E-state index in [0.29, 0.717) is 18.1 Å². The summed E-state index contributed by atoms with van der Waals surface area (Å²) in [4.78, 5) is 22.7. The molecule has 22 heavy (non-hydrogen) atoms. The highest BCUT2D eigenvalue weighted by Gasteiger charge is 2.27. The molecule has 0 bridgehead atoms. The van der Waals surface area contributed by atoms with E-state index < -0.39 is 5.97 Å². The molecule has 1 atom stereocenters. The number of carbonyl (C=O) groups excluding carboxylic acids is 1. The third kappa shape index (κ3) is 6.80. The number of carbonyl (C=O) groups is 2. The molecule has 0 aliphatic carbocycles. The van der Waals surface area contributed by atoms with E-state index in [9.17, 15) is 9.59 Å². The Kier molecular flexibility index (Phi) is 6.68. The van der Waals surface area contributed by atoms with Crippen LogP contribution in [0.1, 0.15) is 32.8 Å². The molecule has 6 heteroatoms.